The van der Waals surface area contributed by atoms with Crippen molar-refractivity contribution in [2.24, 2.45) is 10.9 Å². The molecule has 1 aromatic rings. The summed E-state index contributed by atoms with van der Waals surface area (Å²) in [6.07, 6.45) is 1.58. The van der Waals surface area contributed by atoms with Crippen LogP contribution in [0.2, 0.25) is 0 Å². The van der Waals surface area contributed by atoms with E-state index < -0.39 is 0 Å². The molecule has 0 aromatic carbocycles. The Kier molecular flexibility index (Phi) is 11.6. The summed E-state index contributed by atoms with van der Waals surface area (Å²) < 4.78 is 5.90. The van der Waals surface area contributed by atoms with E-state index in [0.29, 0.717) is 25.4 Å². The van der Waals surface area contributed by atoms with Crippen LogP contribution in [0.3, 0.4) is 0 Å². The maximum atomic E-state index is 12.6. The minimum atomic E-state index is 0. The van der Waals surface area contributed by atoms with E-state index >= 15 is 0 Å². The number of hydrogen-bond donors (Lipinski definition) is 2. The maximum Gasteiger partial charge on any atom is 0.224 e. The Morgan fingerprint density at radius 3 is 2.97 bits per heavy atom. The second kappa shape index (κ2) is 13.6. The van der Waals surface area contributed by atoms with E-state index in [1.165, 1.54) is 10.4 Å². The third kappa shape index (κ3) is 8.51. The van der Waals surface area contributed by atoms with Gasteiger partial charge >= 0.3 is 0 Å². The molecule has 1 atom stereocenters. The smallest absolute Gasteiger partial charge is 0.224 e. The molecule has 0 radical (unpaired) electrons. The summed E-state index contributed by atoms with van der Waals surface area (Å²) in [5.41, 5.74) is 1.31. The zero-order valence-electron chi connectivity index (χ0n) is 19.1. The number of amides is 1. The van der Waals surface area contributed by atoms with E-state index in [4.69, 9.17) is 9.73 Å². The Balaban J connectivity index is 0.00000341. The lowest BCUT2D eigenvalue weighted by Gasteiger charge is -2.33. The number of nitrogens with one attached hydrogen (secondary N) is 2. The van der Waals surface area contributed by atoms with Gasteiger partial charge in [-0.2, -0.15) is 0 Å². The summed E-state index contributed by atoms with van der Waals surface area (Å²) >= 11 is 1.80. The average molecular weight is 564 g/mol. The van der Waals surface area contributed by atoms with Gasteiger partial charge in [-0.1, -0.05) is 13.8 Å². The van der Waals surface area contributed by atoms with Crippen molar-refractivity contribution in [2.45, 2.75) is 46.3 Å². The normalized spacial score (nSPS) is 19.7. The molecule has 1 saturated heterocycles. The van der Waals surface area contributed by atoms with Crippen LogP contribution in [0.5, 0.6) is 0 Å². The first-order chi connectivity index (χ1) is 14.5. The molecule has 1 unspecified atom stereocenters. The van der Waals surface area contributed by atoms with Gasteiger partial charge in [0, 0.05) is 57.1 Å². The first-order valence-electron chi connectivity index (χ1n) is 11.2. The summed E-state index contributed by atoms with van der Waals surface area (Å²) in [5.74, 6) is 1.62. The first kappa shape index (κ1) is 26.3. The maximum absolute atomic E-state index is 12.6. The summed E-state index contributed by atoms with van der Waals surface area (Å²) in [7, 11) is 0. The number of thiophene rings is 1. The molecule has 0 saturated carbocycles. The predicted octanol–water partition coefficient (Wildman–Crippen LogP) is 2.55. The van der Waals surface area contributed by atoms with E-state index in [0.717, 1.165) is 58.3 Å². The van der Waals surface area contributed by atoms with E-state index in [2.05, 4.69) is 47.8 Å². The fraction of sp³-hybridized carbons (Fsp3) is 0.727. The van der Waals surface area contributed by atoms with Crippen molar-refractivity contribution in [3.8, 4) is 0 Å². The van der Waals surface area contributed by atoms with Crippen LogP contribution in [0.4, 0.5) is 0 Å². The number of aliphatic imine (C=N–C) groups is 1. The summed E-state index contributed by atoms with van der Waals surface area (Å²) in [4.78, 5) is 23.2. The second-order valence-electron chi connectivity index (χ2n) is 8.48. The Bertz CT molecular complexity index is 712. The molecule has 9 heteroatoms. The molecule has 0 aliphatic carbocycles. The molecule has 1 aromatic heterocycles. The van der Waals surface area contributed by atoms with Crippen LogP contribution in [0, 0.1) is 5.92 Å². The van der Waals surface area contributed by atoms with Gasteiger partial charge in [0.2, 0.25) is 5.91 Å². The Labute approximate surface area is 208 Å². The summed E-state index contributed by atoms with van der Waals surface area (Å²) in [6, 6.07) is 2.14. The number of nitrogens with zero attached hydrogens (tertiary/aromatic N) is 3. The van der Waals surface area contributed by atoms with Crippen molar-refractivity contribution in [3.05, 3.63) is 21.9 Å². The Hall–Kier alpha value is -0.910. The second-order valence-corrected chi connectivity index (χ2v) is 9.48. The lowest BCUT2D eigenvalue weighted by atomic mass is 10.1. The largest absolute Gasteiger partial charge is 0.374 e. The molecule has 2 N–H and O–H groups in total. The molecule has 0 spiro atoms. The van der Waals surface area contributed by atoms with E-state index in [1.807, 2.05) is 4.90 Å². The van der Waals surface area contributed by atoms with Crippen molar-refractivity contribution in [3.63, 3.8) is 0 Å². The molecular weight excluding hydrogens is 525 g/mol. The SMILES string of the molecule is CCNC(=NCC1CN(CC(C)C)CCO1)NCCC(=O)N1CCc2sccc2C1.I. The van der Waals surface area contributed by atoms with Gasteiger partial charge in [-0.15, -0.1) is 35.3 Å². The van der Waals surface area contributed by atoms with Crippen molar-refractivity contribution in [2.75, 3.05) is 52.4 Å². The third-order valence-corrected chi connectivity index (χ3v) is 6.46. The fourth-order valence-corrected chi connectivity index (χ4v) is 4.90. The van der Waals surface area contributed by atoms with Gasteiger partial charge in [-0.25, -0.2) is 0 Å². The van der Waals surface area contributed by atoms with Crippen molar-refractivity contribution in [1.82, 2.24) is 20.4 Å². The van der Waals surface area contributed by atoms with Gasteiger partial charge in [-0.3, -0.25) is 14.7 Å². The summed E-state index contributed by atoms with van der Waals surface area (Å²) in [5, 5.41) is 8.71. The molecular formula is C22H38IN5O2S. The fourth-order valence-electron chi connectivity index (χ4n) is 4.02. The number of carbonyl (C=O) groups excluding carboxylic acids is 1. The molecule has 3 heterocycles. The zero-order chi connectivity index (χ0) is 21.3. The first-order valence-corrected chi connectivity index (χ1v) is 12.1. The molecule has 7 nitrogen and oxygen atoms in total. The van der Waals surface area contributed by atoms with Crippen LogP contribution in [-0.4, -0.2) is 80.2 Å². The van der Waals surface area contributed by atoms with Crippen molar-refractivity contribution >= 4 is 47.2 Å². The molecule has 176 valence electrons. The molecule has 1 fully saturated rings. The topological polar surface area (TPSA) is 69.2 Å². The highest BCUT2D eigenvalue weighted by molar-refractivity contribution is 14.0. The van der Waals surface area contributed by atoms with E-state index in [1.54, 1.807) is 11.3 Å². The highest BCUT2D eigenvalue weighted by Crippen LogP contribution is 2.24. The molecule has 2 aliphatic rings. The molecule has 31 heavy (non-hydrogen) atoms. The summed E-state index contributed by atoms with van der Waals surface area (Å²) in [6.45, 7) is 13.9. The lowest BCUT2D eigenvalue weighted by Crippen LogP contribution is -2.46. The van der Waals surface area contributed by atoms with E-state index in [-0.39, 0.29) is 36.0 Å². The molecule has 2 aliphatic heterocycles. The van der Waals surface area contributed by atoms with Gasteiger partial charge in [0.15, 0.2) is 5.96 Å². The monoisotopic (exact) mass is 563 g/mol. The standard InChI is InChI=1S/C22H37N5O2S.HI/c1-4-23-22(25-13-19-16-26(10-11-29-19)14-17(2)3)24-8-5-21(28)27-9-6-20-18(15-27)7-12-30-20;/h7,12,17,19H,4-6,8-11,13-16H2,1-3H3,(H2,23,24,25);1H. The molecule has 0 bridgehead atoms. The third-order valence-electron chi connectivity index (χ3n) is 5.44. The Morgan fingerprint density at radius 1 is 1.35 bits per heavy atom. The predicted molar refractivity (Wildman–Crippen MR) is 138 cm³/mol. The molecule has 1 amide bonds. The highest BCUT2D eigenvalue weighted by atomic mass is 127. The van der Waals surface area contributed by atoms with Crippen LogP contribution in [-0.2, 0) is 22.5 Å². The van der Waals surface area contributed by atoms with Crippen molar-refractivity contribution < 1.29 is 9.53 Å². The number of ether oxygens (including phenoxy) is 1. The van der Waals surface area contributed by atoms with E-state index in [9.17, 15) is 4.79 Å². The van der Waals surface area contributed by atoms with Crippen LogP contribution >= 0.6 is 35.3 Å². The highest BCUT2D eigenvalue weighted by Gasteiger charge is 2.22. The van der Waals surface area contributed by atoms with Gasteiger partial charge in [0.25, 0.3) is 0 Å². The minimum Gasteiger partial charge on any atom is -0.374 e. The number of rotatable bonds is 8. The number of guanidine groups is 1. The average Bonchev–Trinajstić information content (AvgIpc) is 3.19. The number of halogens is 1. The van der Waals surface area contributed by atoms with Gasteiger partial charge in [0.1, 0.15) is 0 Å². The minimum absolute atomic E-state index is 0. The van der Waals surface area contributed by atoms with Crippen LogP contribution in [0.1, 0.15) is 37.6 Å². The number of morpholine rings is 1. The molecule has 3 rings (SSSR count). The lowest BCUT2D eigenvalue weighted by molar-refractivity contribution is -0.131. The quantitative estimate of drug-likeness (QED) is 0.289. The van der Waals surface area contributed by atoms with Gasteiger partial charge in [-0.05, 0) is 36.3 Å². The number of carbonyl (C=O) groups is 1. The zero-order valence-corrected chi connectivity index (χ0v) is 22.2. The van der Waals surface area contributed by atoms with Crippen LogP contribution < -0.4 is 10.6 Å². The van der Waals surface area contributed by atoms with Crippen LogP contribution in [0.25, 0.3) is 0 Å². The van der Waals surface area contributed by atoms with Gasteiger partial charge < -0.3 is 20.3 Å². The Morgan fingerprint density at radius 2 is 2.19 bits per heavy atom. The number of fused-ring (bicyclic) bond motifs is 1. The number of hydrogen-bond acceptors (Lipinski definition) is 5. The van der Waals surface area contributed by atoms with Crippen LogP contribution in [0.15, 0.2) is 16.4 Å². The van der Waals surface area contributed by atoms with Gasteiger partial charge in [0.05, 0.1) is 19.3 Å². The van der Waals surface area contributed by atoms with Crippen molar-refractivity contribution in [1.29, 1.82) is 0 Å².